The van der Waals surface area contributed by atoms with Crippen LogP contribution in [-0.4, -0.2) is 41.3 Å². The number of nitrogens with one attached hydrogen (secondary N) is 1. The first-order chi connectivity index (χ1) is 15.6. The van der Waals surface area contributed by atoms with Crippen LogP contribution in [0.1, 0.15) is 52.9 Å². The molecule has 2 amide bonds. The molecule has 1 N–H and O–H groups in total. The van der Waals surface area contributed by atoms with Gasteiger partial charge in [-0.05, 0) is 54.5 Å². The molecule has 1 fully saturated rings. The number of hydrogen-bond donors (Lipinski definition) is 1. The summed E-state index contributed by atoms with van der Waals surface area (Å²) in [5.74, 6) is 0.0755. The number of benzene rings is 2. The third-order valence-electron chi connectivity index (χ3n) is 6.50. The maximum Gasteiger partial charge on any atom is 0.252 e. The second-order valence-electron chi connectivity index (χ2n) is 8.75. The Kier molecular flexibility index (Phi) is 5.48. The number of rotatable bonds is 3. The van der Waals surface area contributed by atoms with E-state index in [4.69, 9.17) is 4.98 Å². The summed E-state index contributed by atoms with van der Waals surface area (Å²) in [5, 5.41) is 4.11. The van der Waals surface area contributed by atoms with Crippen LogP contribution < -0.4 is 5.32 Å². The van der Waals surface area contributed by atoms with Crippen LogP contribution in [-0.2, 0) is 11.2 Å². The van der Waals surface area contributed by atoms with Gasteiger partial charge in [0.05, 0.1) is 16.8 Å². The van der Waals surface area contributed by atoms with Crippen LogP contribution in [0.5, 0.6) is 0 Å². The average molecular weight is 426 g/mol. The third kappa shape index (κ3) is 3.91. The van der Waals surface area contributed by atoms with E-state index in [1.807, 2.05) is 42.5 Å². The van der Waals surface area contributed by atoms with E-state index < -0.39 is 0 Å². The standard InChI is InChI=1S/C27H27N3O2/c1-30-17-20(14-15-24(30)31)28-27(32)25-21-11-5-6-13-23(21)29-26-19(10-7-12-22(25)26)16-18-8-3-2-4-9-18/h2-6,8-9,11,13,16,20H,7,10,12,14-15,17H2,1H3,(H,28,32)/b19-16-. The minimum absolute atomic E-state index is 0.0318. The van der Waals surface area contributed by atoms with E-state index in [0.29, 0.717) is 19.4 Å². The van der Waals surface area contributed by atoms with Crippen molar-refractivity contribution < 1.29 is 9.59 Å². The average Bonchev–Trinajstić information content (AvgIpc) is 2.81. The topological polar surface area (TPSA) is 62.3 Å². The molecule has 5 nitrogen and oxygen atoms in total. The quantitative estimate of drug-likeness (QED) is 0.674. The van der Waals surface area contributed by atoms with Crippen LogP contribution in [0.25, 0.3) is 22.6 Å². The molecular formula is C27H27N3O2. The van der Waals surface area contributed by atoms with Gasteiger partial charge in [0.1, 0.15) is 0 Å². The number of piperidine rings is 1. The number of fused-ring (bicyclic) bond motifs is 2. The summed E-state index contributed by atoms with van der Waals surface area (Å²) < 4.78 is 0. The van der Waals surface area contributed by atoms with Gasteiger partial charge in [0.15, 0.2) is 0 Å². The minimum atomic E-state index is -0.0615. The Morgan fingerprint density at radius 1 is 1.06 bits per heavy atom. The molecule has 1 atom stereocenters. The highest BCUT2D eigenvalue weighted by molar-refractivity contribution is 6.09. The molecular weight excluding hydrogens is 398 g/mol. The third-order valence-corrected chi connectivity index (χ3v) is 6.50. The number of amides is 2. The van der Waals surface area contributed by atoms with E-state index >= 15 is 0 Å². The summed E-state index contributed by atoms with van der Waals surface area (Å²) in [5.41, 5.74) is 5.89. The highest BCUT2D eigenvalue weighted by atomic mass is 16.2. The molecule has 32 heavy (non-hydrogen) atoms. The zero-order chi connectivity index (χ0) is 22.1. The van der Waals surface area contributed by atoms with Crippen molar-refractivity contribution in [2.24, 2.45) is 0 Å². The zero-order valence-corrected chi connectivity index (χ0v) is 18.3. The number of para-hydroxylation sites is 1. The molecule has 3 aromatic rings. The van der Waals surface area contributed by atoms with Crippen molar-refractivity contribution >= 4 is 34.4 Å². The first kappa shape index (κ1) is 20.4. The van der Waals surface area contributed by atoms with Gasteiger partial charge < -0.3 is 10.2 Å². The summed E-state index contributed by atoms with van der Waals surface area (Å²) in [6.07, 6.45) is 6.13. The van der Waals surface area contributed by atoms with Crippen molar-refractivity contribution in [2.45, 2.75) is 38.1 Å². The Hall–Kier alpha value is -3.47. The van der Waals surface area contributed by atoms with Crippen LogP contribution >= 0.6 is 0 Å². The van der Waals surface area contributed by atoms with Gasteiger partial charge in [-0.2, -0.15) is 0 Å². The maximum atomic E-state index is 13.6. The van der Waals surface area contributed by atoms with Crippen LogP contribution in [0.4, 0.5) is 0 Å². The molecule has 1 aromatic heterocycles. The number of aromatic nitrogens is 1. The molecule has 0 saturated carbocycles. The molecule has 0 bridgehead atoms. The van der Waals surface area contributed by atoms with Crippen molar-refractivity contribution in [3.8, 4) is 0 Å². The number of carbonyl (C=O) groups is 2. The highest BCUT2D eigenvalue weighted by Crippen LogP contribution is 2.36. The van der Waals surface area contributed by atoms with Crippen molar-refractivity contribution in [1.82, 2.24) is 15.2 Å². The summed E-state index contributed by atoms with van der Waals surface area (Å²) >= 11 is 0. The Labute approximate surface area is 188 Å². The van der Waals surface area contributed by atoms with Crippen LogP contribution in [0.3, 0.4) is 0 Å². The molecule has 1 aliphatic carbocycles. The predicted octanol–water partition coefficient (Wildman–Crippen LogP) is 4.46. The molecule has 0 radical (unpaired) electrons. The number of allylic oxidation sites excluding steroid dienone is 1. The van der Waals surface area contributed by atoms with E-state index in [1.165, 1.54) is 5.57 Å². The summed E-state index contributed by atoms with van der Waals surface area (Å²) in [4.78, 5) is 32.1. The Balaban J connectivity index is 1.57. The molecule has 162 valence electrons. The van der Waals surface area contributed by atoms with Gasteiger partial charge in [-0.3, -0.25) is 9.59 Å². The van der Waals surface area contributed by atoms with E-state index in [1.54, 1.807) is 11.9 Å². The lowest BCUT2D eigenvalue weighted by atomic mass is 9.85. The fraction of sp³-hybridized carbons (Fsp3) is 0.296. The van der Waals surface area contributed by atoms with E-state index in [0.717, 1.165) is 52.5 Å². The molecule has 5 heteroatoms. The first-order valence-electron chi connectivity index (χ1n) is 11.3. The Bertz CT molecular complexity index is 1220. The Morgan fingerprint density at radius 3 is 2.66 bits per heavy atom. The van der Waals surface area contributed by atoms with E-state index in [2.05, 4.69) is 23.5 Å². The first-order valence-corrected chi connectivity index (χ1v) is 11.3. The van der Waals surface area contributed by atoms with Crippen molar-refractivity contribution in [1.29, 1.82) is 0 Å². The molecule has 2 aromatic carbocycles. The van der Waals surface area contributed by atoms with Gasteiger partial charge >= 0.3 is 0 Å². The minimum Gasteiger partial charge on any atom is -0.347 e. The fourth-order valence-electron chi connectivity index (χ4n) is 4.87. The normalized spacial score (nSPS) is 19.8. The van der Waals surface area contributed by atoms with Crippen LogP contribution in [0, 0.1) is 0 Å². The monoisotopic (exact) mass is 425 g/mol. The SMILES string of the molecule is CN1CC(NC(=O)c2c3c(nc4ccccc24)/C(=C\c2ccccc2)CCC3)CCC1=O. The van der Waals surface area contributed by atoms with Crippen molar-refractivity contribution in [3.05, 3.63) is 77.0 Å². The summed E-state index contributed by atoms with van der Waals surface area (Å²) in [6.45, 7) is 0.551. The lowest BCUT2D eigenvalue weighted by molar-refractivity contribution is -0.132. The second kappa shape index (κ2) is 8.58. The fourth-order valence-corrected chi connectivity index (χ4v) is 4.87. The van der Waals surface area contributed by atoms with Gasteiger partial charge in [0.2, 0.25) is 5.91 Å². The molecule has 1 saturated heterocycles. The van der Waals surface area contributed by atoms with E-state index in [9.17, 15) is 9.59 Å². The van der Waals surface area contributed by atoms with Gasteiger partial charge in [0.25, 0.3) is 5.91 Å². The van der Waals surface area contributed by atoms with Gasteiger partial charge in [-0.1, -0.05) is 48.5 Å². The van der Waals surface area contributed by atoms with Crippen molar-refractivity contribution in [3.63, 3.8) is 0 Å². The molecule has 1 aliphatic heterocycles. The summed E-state index contributed by atoms with van der Waals surface area (Å²) in [7, 11) is 1.80. The van der Waals surface area contributed by atoms with Crippen LogP contribution in [0.2, 0.25) is 0 Å². The molecule has 2 heterocycles. The van der Waals surface area contributed by atoms with Gasteiger partial charge in [-0.25, -0.2) is 4.98 Å². The summed E-state index contributed by atoms with van der Waals surface area (Å²) in [6, 6.07) is 18.1. The highest BCUT2D eigenvalue weighted by Gasteiger charge is 2.28. The number of likely N-dealkylation sites (N-methyl/N-ethyl adjacent to an activating group) is 1. The Morgan fingerprint density at radius 2 is 1.84 bits per heavy atom. The predicted molar refractivity (Wildman–Crippen MR) is 127 cm³/mol. The van der Waals surface area contributed by atoms with Crippen molar-refractivity contribution in [2.75, 3.05) is 13.6 Å². The van der Waals surface area contributed by atoms with Gasteiger partial charge in [-0.15, -0.1) is 0 Å². The lowest BCUT2D eigenvalue weighted by Crippen LogP contribution is -2.48. The number of carbonyl (C=O) groups excluding carboxylic acids is 2. The maximum absolute atomic E-state index is 13.6. The van der Waals surface area contributed by atoms with Gasteiger partial charge in [0, 0.05) is 31.4 Å². The molecule has 0 spiro atoms. The number of nitrogens with zero attached hydrogens (tertiary/aromatic N) is 2. The second-order valence-corrected chi connectivity index (χ2v) is 8.75. The zero-order valence-electron chi connectivity index (χ0n) is 18.3. The molecule has 1 unspecified atom stereocenters. The molecule has 2 aliphatic rings. The smallest absolute Gasteiger partial charge is 0.252 e. The largest absolute Gasteiger partial charge is 0.347 e. The molecule has 5 rings (SSSR count). The number of likely N-dealkylation sites (tertiary alicyclic amines) is 1. The number of pyridine rings is 1. The number of hydrogen-bond acceptors (Lipinski definition) is 3. The van der Waals surface area contributed by atoms with E-state index in [-0.39, 0.29) is 17.9 Å². The van der Waals surface area contributed by atoms with Crippen LogP contribution in [0.15, 0.2) is 54.6 Å². The lowest BCUT2D eigenvalue weighted by Gasteiger charge is -2.31.